The Balaban J connectivity index is 2.58. The number of carboxylic acids is 1. The highest BCUT2D eigenvalue weighted by atomic mass is 16.4. The topological polar surface area (TPSA) is 98.7 Å². The number of nitrogens with one attached hydrogen (secondary N) is 2. The number of carboxylic acid groups (broad SMARTS) is 1. The second-order valence-electron chi connectivity index (χ2n) is 5.87. The van der Waals surface area contributed by atoms with Crippen LogP contribution >= 0.6 is 0 Å². The van der Waals surface area contributed by atoms with Crippen LogP contribution in [0.15, 0.2) is 0 Å². The molecule has 0 aromatic carbocycles. The molecule has 0 atom stereocenters. The van der Waals surface area contributed by atoms with Crippen molar-refractivity contribution in [1.29, 1.82) is 0 Å². The summed E-state index contributed by atoms with van der Waals surface area (Å²) in [6, 6.07) is -0.360. The smallest absolute Gasteiger partial charge is 0.318 e. The Morgan fingerprint density at radius 2 is 1.90 bits per heavy atom. The predicted octanol–water partition coefficient (Wildman–Crippen LogP) is 0.940. The van der Waals surface area contributed by atoms with Crippen LogP contribution in [-0.4, -0.2) is 52.6 Å². The lowest BCUT2D eigenvalue weighted by Crippen LogP contribution is -2.59. The van der Waals surface area contributed by atoms with E-state index in [4.69, 9.17) is 5.11 Å². The van der Waals surface area contributed by atoms with E-state index in [9.17, 15) is 14.4 Å². The van der Waals surface area contributed by atoms with Gasteiger partial charge in [0, 0.05) is 12.6 Å². The van der Waals surface area contributed by atoms with Gasteiger partial charge in [0.05, 0.1) is 12.0 Å². The molecule has 0 heterocycles. The molecule has 1 rings (SSSR count). The standard InChI is InChI=1S/C14H25N3O4/c1-4-17(9-11(18)15-10(2)3)13(21)16-14(6-5-7-14)8-12(19)20/h10H,4-9H2,1-3H3,(H,15,18)(H,16,21)(H,19,20). The third-order valence-corrected chi connectivity index (χ3v) is 3.63. The summed E-state index contributed by atoms with van der Waals surface area (Å²) in [7, 11) is 0. The number of hydrogen-bond acceptors (Lipinski definition) is 3. The molecule has 1 fully saturated rings. The maximum Gasteiger partial charge on any atom is 0.318 e. The number of amides is 3. The van der Waals surface area contributed by atoms with Crippen molar-refractivity contribution in [2.24, 2.45) is 0 Å². The zero-order valence-electron chi connectivity index (χ0n) is 12.9. The van der Waals surface area contributed by atoms with Crippen molar-refractivity contribution in [2.75, 3.05) is 13.1 Å². The predicted molar refractivity (Wildman–Crippen MR) is 77.9 cm³/mol. The molecule has 7 heteroatoms. The maximum atomic E-state index is 12.2. The molecule has 0 bridgehead atoms. The number of carbonyl (C=O) groups is 3. The molecule has 0 saturated heterocycles. The van der Waals surface area contributed by atoms with Gasteiger partial charge in [0.2, 0.25) is 5.91 Å². The molecule has 1 aliphatic rings. The molecule has 0 aromatic heterocycles. The normalized spacial score (nSPS) is 16.0. The third kappa shape index (κ3) is 5.24. The number of carbonyl (C=O) groups excluding carboxylic acids is 2. The van der Waals surface area contributed by atoms with E-state index in [0.29, 0.717) is 19.4 Å². The van der Waals surface area contributed by atoms with E-state index in [2.05, 4.69) is 10.6 Å². The molecular formula is C14H25N3O4. The van der Waals surface area contributed by atoms with Crippen molar-refractivity contribution in [3.8, 4) is 0 Å². The first-order chi connectivity index (χ1) is 9.78. The fourth-order valence-electron chi connectivity index (χ4n) is 2.41. The minimum atomic E-state index is -0.921. The first kappa shape index (κ1) is 17.3. The zero-order chi connectivity index (χ0) is 16.0. The molecule has 0 radical (unpaired) electrons. The van der Waals surface area contributed by atoms with Crippen molar-refractivity contribution in [3.63, 3.8) is 0 Å². The summed E-state index contributed by atoms with van der Waals surface area (Å²) in [6.45, 7) is 5.85. The van der Waals surface area contributed by atoms with Gasteiger partial charge in [-0.1, -0.05) is 0 Å². The van der Waals surface area contributed by atoms with Crippen LogP contribution in [0.5, 0.6) is 0 Å². The highest BCUT2D eigenvalue weighted by Gasteiger charge is 2.41. The van der Waals surface area contributed by atoms with Gasteiger partial charge in [-0.2, -0.15) is 0 Å². The first-order valence-corrected chi connectivity index (χ1v) is 7.36. The van der Waals surface area contributed by atoms with Crippen LogP contribution in [0, 0.1) is 0 Å². The molecule has 0 aliphatic heterocycles. The first-order valence-electron chi connectivity index (χ1n) is 7.36. The highest BCUT2D eigenvalue weighted by Crippen LogP contribution is 2.35. The average Bonchev–Trinajstić information content (AvgIpc) is 2.31. The molecule has 3 amide bonds. The second kappa shape index (κ2) is 7.28. The van der Waals surface area contributed by atoms with Crippen molar-refractivity contribution in [3.05, 3.63) is 0 Å². The summed E-state index contributed by atoms with van der Waals surface area (Å²) in [5.74, 6) is -1.14. The van der Waals surface area contributed by atoms with Gasteiger partial charge in [0.25, 0.3) is 0 Å². The van der Waals surface area contributed by atoms with Gasteiger partial charge in [0.1, 0.15) is 6.54 Å². The Kier molecular flexibility index (Phi) is 5.99. The van der Waals surface area contributed by atoms with Gasteiger partial charge in [-0.25, -0.2) is 4.79 Å². The lowest BCUT2D eigenvalue weighted by atomic mass is 9.74. The maximum absolute atomic E-state index is 12.2. The van der Waals surface area contributed by atoms with E-state index < -0.39 is 11.5 Å². The van der Waals surface area contributed by atoms with Gasteiger partial charge in [-0.05, 0) is 40.0 Å². The monoisotopic (exact) mass is 299 g/mol. The Morgan fingerprint density at radius 1 is 1.29 bits per heavy atom. The quantitative estimate of drug-likeness (QED) is 0.651. The van der Waals surface area contributed by atoms with Crippen molar-refractivity contribution in [1.82, 2.24) is 15.5 Å². The number of hydrogen-bond donors (Lipinski definition) is 3. The summed E-state index contributed by atoms with van der Waals surface area (Å²) < 4.78 is 0. The molecule has 3 N–H and O–H groups in total. The minimum absolute atomic E-state index is 0.0178. The molecule has 21 heavy (non-hydrogen) atoms. The van der Waals surface area contributed by atoms with Crippen LogP contribution in [0.1, 0.15) is 46.5 Å². The van der Waals surface area contributed by atoms with Gasteiger partial charge < -0.3 is 20.6 Å². The molecular weight excluding hydrogens is 274 g/mol. The molecule has 1 aliphatic carbocycles. The number of urea groups is 1. The SMILES string of the molecule is CCN(CC(=O)NC(C)C)C(=O)NC1(CC(=O)O)CCC1. The number of nitrogens with zero attached hydrogens (tertiary/aromatic N) is 1. The molecule has 1 saturated carbocycles. The largest absolute Gasteiger partial charge is 0.481 e. The highest BCUT2D eigenvalue weighted by molar-refractivity contribution is 5.84. The second-order valence-corrected chi connectivity index (χ2v) is 5.87. The summed E-state index contributed by atoms with van der Waals surface area (Å²) in [5, 5.41) is 14.5. The van der Waals surface area contributed by atoms with Crippen LogP contribution in [0.25, 0.3) is 0 Å². The van der Waals surface area contributed by atoms with E-state index in [1.165, 1.54) is 4.90 Å². The van der Waals surface area contributed by atoms with Crippen LogP contribution in [0.2, 0.25) is 0 Å². The van der Waals surface area contributed by atoms with Crippen LogP contribution in [0.3, 0.4) is 0 Å². The van der Waals surface area contributed by atoms with Crippen LogP contribution in [0.4, 0.5) is 4.79 Å². The minimum Gasteiger partial charge on any atom is -0.481 e. The average molecular weight is 299 g/mol. The molecule has 0 spiro atoms. The third-order valence-electron chi connectivity index (χ3n) is 3.63. The lowest BCUT2D eigenvalue weighted by Gasteiger charge is -2.42. The van der Waals surface area contributed by atoms with Gasteiger partial charge >= 0.3 is 12.0 Å². The van der Waals surface area contributed by atoms with E-state index in [-0.39, 0.29) is 30.9 Å². The van der Waals surface area contributed by atoms with Crippen molar-refractivity contribution >= 4 is 17.9 Å². The molecule has 7 nitrogen and oxygen atoms in total. The molecule has 0 unspecified atom stereocenters. The van der Waals surface area contributed by atoms with Crippen LogP contribution in [-0.2, 0) is 9.59 Å². The summed E-state index contributed by atoms with van der Waals surface area (Å²) in [4.78, 5) is 36.2. The van der Waals surface area contributed by atoms with E-state index in [1.807, 2.05) is 13.8 Å². The van der Waals surface area contributed by atoms with E-state index in [1.54, 1.807) is 6.92 Å². The fraction of sp³-hybridized carbons (Fsp3) is 0.786. The lowest BCUT2D eigenvalue weighted by molar-refractivity contribution is -0.139. The number of aliphatic carboxylic acids is 1. The Hall–Kier alpha value is -1.79. The van der Waals surface area contributed by atoms with Gasteiger partial charge in [0.15, 0.2) is 0 Å². The Labute approximate surface area is 125 Å². The van der Waals surface area contributed by atoms with Crippen molar-refractivity contribution < 1.29 is 19.5 Å². The van der Waals surface area contributed by atoms with E-state index in [0.717, 1.165) is 6.42 Å². The number of rotatable bonds is 7. The van der Waals surface area contributed by atoms with Gasteiger partial charge in [-0.3, -0.25) is 9.59 Å². The molecule has 0 aromatic rings. The summed E-state index contributed by atoms with van der Waals surface area (Å²) >= 11 is 0. The summed E-state index contributed by atoms with van der Waals surface area (Å²) in [6.07, 6.45) is 2.17. The van der Waals surface area contributed by atoms with Crippen LogP contribution < -0.4 is 10.6 Å². The van der Waals surface area contributed by atoms with E-state index >= 15 is 0 Å². The summed E-state index contributed by atoms with van der Waals surface area (Å²) in [5.41, 5.74) is -0.648. The van der Waals surface area contributed by atoms with Gasteiger partial charge in [-0.15, -0.1) is 0 Å². The zero-order valence-corrected chi connectivity index (χ0v) is 12.9. The fourth-order valence-corrected chi connectivity index (χ4v) is 2.41. The molecule has 120 valence electrons. The Bertz CT molecular complexity index is 405. The van der Waals surface area contributed by atoms with Crippen molar-refractivity contribution in [2.45, 2.75) is 58.0 Å². The Morgan fingerprint density at radius 3 is 2.29 bits per heavy atom. The number of likely N-dealkylation sites (N-methyl/N-ethyl adjacent to an activating group) is 1.